The Bertz CT molecular complexity index is 529. The molecule has 0 radical (unpaired) electrons. The SMILES string of the molecule is NC1(CNC(=O)c2cc(F)c(F)cc2Br)CCCCCC1. The number of nitrogens with two attached hydrogens (primary N) is 1. The van der Waals surface area contributed by atoms with Crippen molar-refractivity contribution in [1.29, 1.82) is 0 Å². The molecule has 3 nitrogen and oxygen atoms in total. The van der Waals surface area contributed by atoms with Crippen LogP contribution in [-0.4, -0.2) is 18.0 Å². The molecule has 1 fully saturated rings. The van der Waals surface area contributed by atoms with Crippen molar-refractivity contribution in [2.75, 3.05) is 6.54 Å². The molecule has 0 saturated heterocycles. The molecule has 0 aromatic heterocycles. The molecule has 1 aromatic rings. The molecule has 6 heteroatoms. The van der Waals surface area contributed by atoms with Gasteiger partial charge in [-0.25, -0.2) is 8.78 Å². The molecule has 1 aliphatic carbocycles. The van der Waals surface area contributed by atoms with Crippen molar-refractivity contribution in [3.63, 3.8) is 0 Å². The number of hydrogen-bond donors (Lipinski definition) is 2. The van der Waals surface area contributed by atoms with Gasteiger partial charge in [-0.1, -0.05) is 25.7 Å². The lowest BCUT2D eigenvalue weighted by Crippen LogP contribution is -2.49. The van der Waals surface area contributed by atoms with Gasteiger partial charge in [0.05, 0.1) is 5.56 Å². The summed E-state index contributed by atoms with van der Waals surface area (Å²) in [7, 11) is 0. The maximum atomic E-state index is 13.2. The quantitative estimate of drug-likeness (QED) is 0.640. The van der Waals surface area contributed by atoms with E-state index in [9.17, 15) is 13.6 Å². The first-order valence-electron chi connectivity index (χ1n) is 7.13. The van der Waals surface area contributed by atoms with Crippen LogP contribution in [0.2, 0.25) is 0 Å². The van der Waals surface area contributed by atoms with Crippen LogP contribution in [0.15, 0.2) is 16.6 Å². The lowest BCUT2D eigenvalue weighted by atomic mass is 9.91. The van der Waals surface area contributed by atoms with Crippen molar-refractivity contribution < 1.29 is 13.6 Å². The van der Waals surface area contributed by atoms with E-state index >= 15 is 0 Å². The van der Waals surface area contributed by atoms with Crippen LogP contribution < -0.4 is 11.1 Å². The second-order valence-corrected chi connectivity index (χ2v) is 6.56. The highest BCUT2D eigenvalue weighted by Crippen LogP contribution is 2.25. The molecule has 0 aliphatic heterocycles. The number of hydrogen-bond acceptors (Lipinski definition) is 2. The smallest absolute Gasteiger partial charge is 0.252 e. The molecule has 0 spiro atoms. The number of nitrogens with one attached hydrogen (secondary N) is 1. The van der Waals surface area contributed by atoms with E-state index in [1.54, 1.807) is 0 Å². The first kappa shape index (κ1) is 16.4. The van der Waals surface area contributed by atoms with E-state index in [2.05, 4.69) is 21.2 Å². The zero-order valence-corrected chi connectivity index (χ0v) is 13.3. The van der Waals surface area contributed by atoms with Gasteiger partial charge in [-0.3, -0.25) is 4.79 Å². The number of carbonyl (C=O) groups excluding carboxylic acids is 1. The molecular formula is C15H19BrF2N2O. The van der Waals surface area contributed by atoms with E-state index in [1.165, 1.54) is 12.8 Å². The zero-order valence-electron chi connectivity index (χ0n) is 11.7. The molecule has 3 N–H and O–H groups in total. The van der Waals surface area contributed by atoms with E-state index in [0.717, 1.165) is 37.8 Å². The van der Waals surface area contributed by atoms with Gasteiger partial charge in [0.1, 0.15) is 0 Å². The highest BCUT2D eigenvalue weighted by molar-refractivity contribution is 9.10. The van der Waals surface area contributed by atoms with E-state index < -0.39 is 23.1 Å². The van der Waals surface area contributed by atoms with Gasteiger partial charge in [-0.2, -0.15) is 0 Å². The van der Waals surface area contributed by atoms with E-state index in [-0.39, 0.29) is 10.0 Å². The Morgan fingerprint density at radius 2 is 1.76 bits per heavy atom. The first-order chi connectivity index (χ1) is 9.91. The Labute approximate surface area is 131 Å². The van der Waals surface area contributed by atoms with Crippen LogP contribution in [0.25, 0.3) is 0 Å². The molecule has 0 heterocycles. The summed E-state index contributed by atoms with van der Waals surface area (Å²) < 4.78 is 26.5. The number of benzene rings is 1. The summed E-state index contributed by atoms with van der Waals surface area (Å²) in [5.74, 6) is -2.48. The largest absolute Gasteiger partial charge is 0.350 e. The summed E-state index contributed by atoms with van der Waals surface area (Å²) in [6.45, 7) is 0.345. The molecule has 1 aliphatic rings. The van der Waals surface area contributed by atoms with Gasteiger partial charge in [0.2, 0.25) is 0 Å². The fraction of sp³-hybridized carbons (Fsp3) is 0.533. The van der Waals surface area contributed by atoms with Crippen molar-refractivity contribution in [3.05, 3.63) is 33.8 Å². The summed E-state index contributed by atoms with van der Waals surface area (Å²) >= 11 is 3.08. The minimum absolute atomic E-state index is 0.0751. The Balaban J connectivity index is 2.03. The second kappa shape index (κ2) is 6.83. The van der Waals surface area contributed by atoms with Gasteiger partial charge < -0.3 is 11.1 Å². The van der Waals surface area contributed by atoms with E-state index in [4.69, 9.17) is 5.73 Å². The Hall–Kier alpha value is -1.01. The highest BCUT2D eigenvalue weighted by Gasteiger charge is 2.27. The van der Waals surface area contributed by atoms with E-state index in [1.807, 2.05) is 0 Å². The fourth-order valence-electron chi connectivity index (χ4n) is 2.66. The molecule has 116 valence electrons. The molecular weight excluding hydrogens is 342 g/mol. The average molecular weight is 361 g/mol. The van der Waals surface area contributed by atoms with Crippen LogP contribution in [0.3, 0.4) is 0 Å². The minimum atomic E-state index is -1.04. The summed E-state index contributed by atoms with van der Waals surface area (Å²) in [6, 6.07) is 1.85. The van der Waals surface area contributed by atoms with Crippen LogP contribution >= 0.6 is 15.9 Å². The van der Waals surface area contributed by atoms with Gasteiger partial charge >= 0.3 is 0 Å². The van der Waals surface area contributed by atoms with Crippen LogP contribution in [0.1, 0.15) is 48.9 Å². The zero-order chi connectivity index (χ0) is 15.5. The number of halogens is 3. The van der Waals surface area contributed by atoms with Gasteiger partial charge in [-0.15, -0.1) is 0 Å². The van der Waals surface area contributed by atoms with Crippen LogP contribution in [-0.2, 0) is 0 Å². The van der Waals surface area contributed by atoms with Crippen LogP contribution in [0.4, 0.5) is 8.78 Å². The monoisotopic (exact) mass is 360 g/mol. The third-order valence-corrected chi connectivity index (χ3v) is 4.61. The average Bonchev–Trinajstić information content (AvgIpc) is 2.66. The standard InChI is InChI=1S/C15H19BrF2N2O/c16-11-8-13(18)12(17)7-10(11)14(21)20-9-15(19)5-3-1-2-4-6-15/h7-8H,1-6,9,19H2,(H,20,21). The van der Waals surface area contributed by atoms with Gasteiger partial charge in [0, 0.05) is 16.6 Å². The van der Waals surface area contributed by atoms with Gasteiger partial charge in [-0.05, 0) is 40.9 Å². The molecule has 2 rings (SSSR count). The van der Waals surface area contributed by atoms with Gasteiger partial charge in [0.25, 0.3) is 5.91 Å². The van der Waals surface area contributed by atoms with Crippen molar-refractivity contribution >= 4 is 21.8 Å². The molecule has 1 aromatic carbocycles. The third kappa shape index (κ3) is 4.23. The maximum Gasteiger partial charge on any atom is 0.252 e. The normalized spacial score (nSPS) is 18.1. The number of carbonyl (C=O) groups is 1. The van der Waals surface area contributed by atoms with Crippen molar-refractivity contribution in [3.8, 4) is 0 Å². The molecule has 21 heavy (non-hydrogen) atoms. The van der Waals surface area contributed by atoms with Crippen molar-refractivity contribution in [2.24, 2.45) is 5.73 Å². The number of amides is 1. The van der Waals surface area contributed by atoms with Gasteiger partial charge in [0.15, 0.2) is 11.6 Å². The van der Waals surface area contributed by atoms with Crippen LogP contribution in [0, 0.1) is 11.6 Å². The summed E-state index contributed by atoms with van der Waals surface area (Å²) in [4.78, 5) is 12.1. The first-order valence-corrected chi connectivity index (χ1v) is 7.92. The van der Waals surface area contributed by atoms with Crippen LogP contribution in [0.5, 0.6) is 0 Å². The lowest BCUT2D eigenvalue weighted by molar-refractivity contribution is 0.0940. The fourth-order valence-corrected chi connectivity index (χ4v) is 3.15. The summed E-state index contributed by atoms with van der Waals surface area (Å²) in [5.41, 5.74) is 5.99. The van der Waals surface area contributed by atoms with E-state index in [0.29, 0.717) is 6.54 Å². The van der Waals surface area contributed by atoms with Crippen molar-refractivity contribution in [1.82, 2.24) is 5.32 Å². The minimum Gasteiger partial charge on any atom is -0.350 e. The molecule has 1 saturated carbocycles. The Kier molecular flexibility index (Phi) is 5.32. The van der Waals surface area contributed by atoms with Crippen molar-refractivity contribution in [2.45, 2.75) is 44.1 Å². The maximum absolute atomic E-state index is 13.2. The Morgan fingerprint density at radius 1 is 1.19 bits per heavy atom. The lowest BCUT2D eigenvalue weighted by Gasteiger charge is -2.28. The summed E-state index contributed by atoms with van der Waals surface area (Å²) in [5, 5.41) is 2.74. The third-order valence-electron chi connectivity index (χ3n) is 3.95. The predicted molar refractivity (Wildman–Crippen MR) is 81.0 cm³/mol. The molecule has 0 atom stereocenters. The Morgan fingerprint density at radius 3 is 2.38 bits per heavy atom. The number of rotatable bonds is 3. The molecule has 1 amide bonds. The summed E-state index contributed by atoms with van der Waals surface area (Å²) in [6.07, 6.45) is 6.18. The molecule has 0 bridgehead atoms. The second-order valence-electron chi connectivity index (χ2n) is 5.71. The molecule has 0 unspecified atom stereocenters. The highest BCUT2D eigenvalue weighted by atomic mass is 79.9. The topological polar surface area (TPSA) is 55.1 Å². The predicted octanol–water partition coefficient (Wildman–Crippen LogP) is 3.51.